The maximum atomic E-state index is 12.0. The van der Waals surface area contributed by atoms with Crippen molar-refractivity contribution in [1.29, 1.82) is 0 Å². The Labute approximate surface area is 170 Å². The van der Waals surface area contributed by atoms with Gasteiger partial charge in [0.05, 0.1) is 13.2 Å². The molecule has 2 fully saturated rings. The summed E-state index contributed by atoms with van der Waals surface area (Å²) in [5, 5.41) is 39.2. The molecule has 2 heterocycles. The first-order chi connectivity index (χ1) is 13.8. The molecule has 0 saturated carbocycles. The second-order valence-electron chi connectivity index (χ2n) is 7.96. The van der Waals surface area contributed by atoms with Crippen LogP contribution in [0.5, 0.6) is 0 Å². The van der Waals surface area contributed by atoms with E-state index in [0.29, 0.717) is 12.0 Å². The van der Waals surface area contributed by atoms with Crippen molar-refractivity contribution in [1.82, 2.24) is 0 Å². The lowest BCUT2D eigenvalue weighted by Crippen LogP contribution is -2.59. The molecule has 0 radical (unpaired) electrons. The third-order valence-electron chi connectivity index (χ3n) is 5.84. The first-order valence-corrected chi connectivity index (χ1v) is 9.99. The lowest BCUT2D eigenvalue weighted by Gasteiger charge is -2.39. The number of fused-ring (bicyclic) bond motifs is 1. The molecular weight excluding hydrogens is 380 g/mol. The molecule has 0 aromatic rings. The van der Waals surface area contributed by atoms with E-state index in [0.717, 1.165) is 24.8 Å². The molecule has 0 amide bonds. The highest BCUT2D eigenvalue weighted by atomic mass is 16.7. The summed E-state index contributed by atoms with van der Waals surface area (Å²) in [5.41, 5.74) is 2.59. The van der Waals surface area contributed by atoms with Crippen molar-refractivity contribution in [2.75, 3.05) is 13.2 Å². The Morgan fingerprint density at radius 3 is 2.69 bits per heavy atom. The molecule has 0 unspecified atom stereocenters. The number of allylic oxidation sites excluding steroid dienone is 2. The molecule has 8 heteroatoms. The van der Waals surface area contributed by atoms with Crippen molar-refractivity contribution < 1.29 is 39.4 Å². The lowest BCUT2D eigenvalue weighted by molar-refractivity contribution is -0.299. The quantitative estimate of drug-likeness (QED) is 0.297. The number of carbonyl (C=O) groups excluding carboxylic acids is 1. The van der Waals surface area contributed by atoms with E-state index in [1.54, 1.807) is 0 Å². The van der Waals surface area contributed by atoms with Crippen LogP contribution in [-0.4, -0.2) is 76.4 Å². The molecule has 0 spiro atoms. The van der Waals surface area contributed by atoms with Gasteiger partial charge in [-0.25, -0.2) is 4.79 Å². The number of ether oxygens (including phenoxy) is 3. The highest BCUT2D eigenvalue weighted by molar-refractivity contribution is 5.91. The second kappa shape index (κ2) is 9.51. The Morgan fingerprint density at radius 1 is 1.21 bits per heavy atom. The fourth-order valence-electron chi connectivity index (χ4n) is 3.94. The fourth-order valence-corrected chi connectivity index (χ4v) is 3.94. The number of rotatable bonds is 4. The van der Waals surface area contributed by atoms with Crippen LogP contribution in [0.2, 0.25) is 0 Å². The molecule has 2 saturated heterocycles. The van der Waals surface area contributed by atoms with Gasteiger partial charge in [0.2, 0.25) is 0 Å². The SMILES string of the molecule is C=C1C(=O)O[C@@H]2/C=C(\CO[C@@H]3O[C@H](CO)[C@@H](O)[C@H](O)[C@H]3O)CC/C=C(\C)CC[C@@H]12. The Balaban J connectivity index is 1.72. The van der Waals surface area contributed by atoms with Gasteiger partial charge in [0.15, 0.2) is 6.29 Å². The Bertz CT molecular complexity index is 682. The average Bonchev–Trinajstić information content (AvgIpc) is 2.96. The zero-order chi connectivity index (χ0) is 21.1. The molecule has 2 aliphatic heterocycles. The van der Waals surface area contributed by atoms with Crippen LogP contribution in [0.25, 0.3) is 0 Å². The summed E-state index contributed by atoms with van der Waals surface area (Å²) in [5.74, 6) is -0.474. The summed E-state index contributed by atoms with van der Waals surface area (Å²) in [6.45, 7) is 5.51. The van der Waals surface area contributed by atoms with Crippen LogP contribution in [-0.2, 0) is 19.0 Å². The lowest BCUT2D eigenvalue weighted by atomic mass is 9.88. The van der Waals surface area contributed by atoms with Crippen LogP contribution in [0.3, 0.4) is 0 Å². The third kappa shape index (κ3) is 4.96. The summed E-state index contributed by atoms with van der Waals surface area (Å²) in [6, 6.07) is 0. The van der Waals surface area contributed by atoms with Crippen molar-refractivity contribution in [3.8, 4) is 0 Å². The van der Waals surface area contributed by atoms with Gasteiger partial charge >= 0.3 is 5.97 Å². The van der Waals surface area contributed by atoms with Crippen molar-refractivity contribution in [3.63, 3.8) is 0 Å². The molecule has 4 N–H and O–H groups in total. The maximum absolute atomic E-state index is 12.0. The molecule has 7 atom stereocenters. The molecule has 1 aliphatic carbocycles. The van der Waals surface area contributed by atoms with Gasteiger partial charge in [0.1, 0.15) is 30.5 Å². The van der Waals surface area contributed by atoms with Gasteiger partial charge in [0, 0.05) is 11.5 Å². The number of aliphatic hydroxyl groups excluding tert-OH is 4. The Morgan fingerprint density at radius 2 is 1.97 bits per heavy atom. The van der Waals surface area contributed by atoms with Gasteiger partial charge in [-0.15, -0.1) is 0 Å². The van der Waals surface area contributed by atoms with Crippen molar-refractivity contribution >= 4 is 5.97 Å². The van der Waals surface area contributed by atoms with E-state index in [1.165, 1.54) is 5.57 Å². The standard InChI is InChI=1S/C21H30O8/c1-11-4-3-5-13(8-15-14(7-6-11)12(2)20(26)28-15)10-27-21-19(25)18(24)17(23)16(9-22)29-21/h4,8,14-19,21-25H,2-3,5-7,9-10H2,1H3/b11-4+,13-8-/t14-,15+,16+,17+,18-,19+,21+/m0/s1. The second-order valence-corrected chi connectivity index (χ2v) is 7.96. The van der Waals surface area contributed by atoms with Crippen LogP contribution < -0.4 is 0 Å². The summed E-state index contributed by atoms with van der Waals surface area (Å²) in [7, 11) is 0. The monoisotopic (exact) mass is 410 g/mol. The van der Waals surface area contributed by atoms with E-state index in [9.17, 15) is 25.2 Å². The normalized spacial score (nSPS) is 42.3. The van der Waals surface area contributed by atoms with Gasteiger partial charge in [-0.05, 0) is 44.3 Å². The van der Waals surface area contributed by atoms with Gasteiger partial charge in [-0.2, -0.15) is 0 Å². The molecule has 3 rings (SSSR count). The Kier molecular flexibility index (Phi) is 7.26. The van der Waals surface area contributed by atoms with E-state index < -0.39 is 43.4 Å². The van der Waals surface area contributed by atoms with Crippen LogP contribution >= 0.6 is 0 Å². The van der Waals surface area contributed by atoms with E-state index in [4.69, 9.17) is 14.2 Å². The van der Waals surface area contributed by atoms with E-state index in [-0.39, 0.29) is 18.5 Å². The summed E-state index contributed by atoms with van der Waals surface area (Å²) < 4.78 is 16.5. The predicted molar refractivity (Wildman–Crippen MR) is 103 cm³/mol. The molecule has 8 nitrogen and oxygen atoms in total. The van der Waals surface area contributed by atoms with Crippen molar-refractivity contribution in [2.45, 2.75) is 69.4 Å². The predicted octanol–water partition coefficient (Wildman–Crippen LogP) is 0.347. The minimum Gasteiger partial charge on any atom is -0.454 e. The van der Waals surface area contributed by atoms with Crippen LogP contribution in [0.15, 0.2) is 35.5 Å². The minimum absolute atomic E-state index is 0.0861. The maximum Gasteiger partial charge on any atom is 0.334 e. The summed E-state index contributed by atoms with van der Waals surface area (Å²) in [6.07, 6.45) is 0.142. The van der Waals surface area contributed by atoms with Gasteiger partial charge < -0.3 is 34.6 Å². The molecular formula is C21H30O8. The molecule has 0 bridgehead atoms. The van der Waals surface area contributed by atoms with Gasteiger partial charge in [-0.3, -0.25) is 0 Å². The third-order valence-corrected chi connectivity index (χ3v) is 5.84. The molecule has 3 aliphatic rings. The van der Waals surface area contributed by atoms with Crippen molar-refractivity contribution in [2.24, 2.45) is 5.92 Å². The zero-order valence-corrected chi connectivity index (χ0v) is 16.6. The molecule has 0 aromatic heterocycles. The highest BCUT2D eigenvalue weighted by Gasteiger charge is 2.44. The van der Waals surface area contributed by atoms with Crippen molar-refractivity contribution in [3.05, 3.63) is 35.5 Å². The van der Waals surface area contributed by atoms with E-state index in [2.05, 4.69) is 19.6 Å². The first kappa shape index (κ1) is 22.1. The van der Waals surface area contributed by atoms with E-state index >= 15 is 0 Å². The number of esters is 1. The summed E-state index contributed by atoms with van der Waals surface area (Å²) >= 11 is 0. The highest BCUT2D eigenvalue weighted by Crippen LogP contribution is 2.34. The number of hydrogen-bond donors (Lipinski definition) is 4. The number of aliphatic hydroxyl groups is 4. The van der Waals surface area contributed by atoms with Gasteiger partial charge in [-0.1, -0.05) is 18.2 Å². The average molecular weight is 410 g/mol. The van der Waals surface area contributed by atoms with Gasteiger partial charge in [0.25, 0.3) is 0 Å². The smallest absolute Gasteiger partial charge is 0.334 e. The first-order valence-electron chi connectivity index (χ1n) is 9.99. The van der Waals surface area contributed by atoms with E-state index in [1.807, 2.05) is 6.08 Å². The topological polar surface area (TPSA) is 126 Å². The minimum atomic E-state index is -1.49. The van der Waals surface area contributed by atoms with Crippen LogP contribution in [0, 0.1) is 5.92 Å². The zero-order valence-electron chi connectivity index (χ0n) is 16.6. The molecule has 162 valence electrons. The van der Waals surface area contributed by atoms with Crippen LogP contribution in [0.4, 0.5) is 0 Å². The summed E-state index contributed by atoms with van der Waals surface area (Å²) in [4.78, 5) is 12.0. The fraction of sp³-hybridized carbons (Fsp3) is 0.667. The molecule has 0 aromatic carbocycles. The Hall–Kier alpha value is -1.55. The molecule has 29 heavy (non-hydrogen) atoms. The van der Waals surface area contributed by atoms with Crippen LogP contribution in [0.1, 0.15) is 32.6 Å². The number of carbonyl (C=O) groups is 1. The largest absolute Gasteiger partial charge is 0.454 e. The number of hydrogen-bond acceptors (Lipinski definition) is 8.